The summed E-state index contributed by atoms with van der Waals surface area (Å²) in [5, 5.41) is 13.6. The molecule has 0 amide bonds. The maximum Gasteiger partial charge on any atom is 0.0886 e. The Morgan fingerprint density at radius 2 is 2.18 bits per heavy atom. The van der Waals surface area contributed by atoms with E-state index in [-0.39, 0.29) is 6.61 Å². The fourth-order valence-corrected chi connectivity index (χ4v) is 2.40. The van der Waals surface area contributed by atoms with Crippen LogP contribution in [0.25, 0.3) is 5.69 Å². The van der Waals surface area contributed by atoms with Gasteiger partial charge in [0.15, 0.2) is 0 Å². The van der Waals surface area contributed by atoms with Crippen molar-refractivity contribution < 1.29 is 5.11 Å². The quantitative estimate of drug-likeness (QED) is 0.944. The third-order valence-electron chi connectivity index (χ3n) is 3.00. The molecule has 88 valence electrons. The third-order valence-corrected chi connectivity index (χ3v) is 3.49. The minimum absolute atomic E-state index is 0.000717. The molecule has 0 aliphatic heterocycles. The van der Waals surface area contributed by atoms with Crippen molar-refractivity contribution in [2.45, 2.75) is 25.4 Å². The number of aliphatic hydroxyl groups excluding tert-OH is 1. The van der Waals surface area contributed by atoms with Crippen LogP contribution in [0, 0.1) is 0 Å². The van der Waals surface area contributed by atoms with Gasteiger partial charge in [-0.2, -0.15) is 5.10 Å². The molecule has 0 saturated heterocycles. The molecule has 17 heavy (non-hydrogen) atoms. The SMILES string of the molecule is OCc1cc(C2CC2)n(-c2cccc(Br)c2)n1. The fraction of sp³-hybridized carbons (Fsp3) is 0.308. The first-order valence-electron chi connectivity index (χ1n) is 5.73. The monoisotopic (exact) mass is 292 g/mol. The largest absolute Gasteiger partial charge is 0.390 e. The number of aromatic nitrogens is 2. The van der Waals surface area contributed by atoms with Gasteiger partial charge < -0.3 is 5.11 Å². The lowest BCUT2D eigenvalue weighted by Gasteiger charge is -2.06. The van der Waals surface area contributed by atoms with E-state index in [0.717, 1.165) is 15.9 Å². The number of nitrogens with zero attached hydrogens (tertiary/aromatic N) is 2. The van der Waals surface area contributed by atoms with Gasteiger partial charge in [-0.15, -0.1) is 0 Å². The lowest BCUT2D eigenvalue weighted by Crippen LogP contribution is -2.01. The molecule has 0 spiro atoms. The lowest BCUT2D eigenvalue weighted by atomic mass is 10.2. The van der Waals surface area contributed by atoms with Crippen LogP contribution in [-0.4, -0.2) is 14.9 Å². The standard InChI is InChI=1S/C13H13BrN2O/c14-10-2-1-3-12(6-10)16-13(9-4-5-9)7-11(8-17)15-16/h1-3,6-7,9,17H,4-5,8H2. The second-order valence-electron chi connectivity index (χ2n) is 4.38. The highest BCUT2D eigenvalue weighted by Crippen LogP contribution is 2.41. The average Bonchev–Trinajstić information content (AvgIpc) is 3.08. The van der Waals surface area contributed by atoms with Crippen LogP contribution in [0.15, 0.2) is 34.8 Å². The van der Waals surface area contributed by atoms with Crippen LogP contribution < -0.4 is 0 Å². The molecule has 0 unspecified atom stereocenters. The predicted molar refractivity (Wildman–Crippen MR) is 69.2 cm³/mol. The summed E-state index contributed by atoms with van der Waals surface area (Å²) < 4.78 is 2.99. The van der Waals surface area contributed by atoms with Crippen LogP contribution in [0.4, 0.5) is 0 Å². The smallest absolute Gasteiger partial charge is 0.0886 e. The Labute approximate surface area is 108 Å². The van der Waals surface area contributed by atoms with Crippen molar-refractivity contribution in [3.05, 3.63) is 46.2 Å². The second kappa shape index (κ2) is 4.27. The Kier molecular flexibility index (Phi) is 2.76. The van der Waals surface area contributed by atoms with Gasteiger partial charge in [-0.1, -0.05) is 22.0 Å². The number of aliphatic hydroxyl groups is 1. The van der Waals surface area contributed by atoms with E-state index in [9.17, 15) is 5.11 Å². The number of hydrogen-bond donors (Lipinski definition) is 1. The maximum atomic E-state index is 9.19. The molecule has 1 heterocycles. The molecule has 3 rings (SSSR count). The van der Waals surface area contributed by atoms with Gasteiger partial charge in [-0.25, -0.2) is 4.68 Å². The highest BCUT2D eigenvalue weighted by molar-refractivity contribution is 9.10. The molecular weight excluding hydrogens is 280 g/mol. The van der Waals surface area contributed by atoms with Crippen LogP contribution in [-0.2, 0) is 6.61 Å². The normalized spacial score (nSPS) is 15.2. The Morgan fingerprint density at radius 3 is 2.82 bits per heavy atom. The first kappa shape index (κ1) is 11.0. The zero-order valence-electron chi connectivity index (χ0n) is 9.31. The van der Waals surface area contributed by atoms with Crippen molar-refractivity contribution >= 4 is 15.9 Å². The molecule has 4 heteroatoms. The summed E-state index contributed by atoms with van der Waals surface area (Å²) in [6, 6.07) is 10.1. The number of halogens is 1. The molecule has 1 aromatic carbocycles. The van der Waals surface area contributed by atoms with Gasteiger partial charge in [0.05, 0.1) is 18.0 Å². The van der Waals surface area contributed by atoms with Crippen molar-refractivity contribution in [2.75, 3.05) is 0 Å². The summed E-state index contributed by atoms with van der Waals surface area (Å²) >= 11 is 3.47. The molecule has 0 atom stereocenters. The van der Waals surface area contributed by atoms with Gasteiger partial charge in [-0.05, 0) is 37.1 Å². The van der Waals surface area contributed by atoms with E-state index in [1.165, 1.54) is 18.5 Å². The van der Waals surface area contributed by atoms with Gasteiger partial charge in [-0.3, -0.25) is 0 Å². The van der Waals surface area contributed by atoms with E-state index in [2.05, 4.69) is 21.0 Å². The van der Waals surface area contributed by atoms with Gasteiger partial charge >= 0.3 is 0 Å². The highest BCUT2D eigenvalue weighted by Gasteiger charge is 2.28. The Balaban J connectivity index is 2.09. The molecule has 0 bridgehead atoms. The average molecular weight is 293 g/mol. The number of benzene rings is 1. The Bertz CT molecular complexity index is 546. The van der Waals surface area contributed by atoms with Crippen molar-refractivity contribution in [3.63, 3.8) is 0 Å². The molecule has 3 nitrogen and oxygen atoms in total. The number of hydrogen-bond acceptors (Lipinski definition) is 2. The summed E-state index contributed by atoms with van der Waals surface area (Å²) in [5.74, 6) is 0.613. The zero-order chi connectivity index (χ0) is 11.8. The molecular formula is C13H13BrN2O. The van der Waals surface area contributed by atoms with E-state index in [4.69, 9.17) is 0 Å². The molecule has 1 aliphatic rings. The van der Waals surface area contributed by atoms with Crippen molar-refractivity contribution in [1.29, 1.82) is 0 Å². The Hall–Kier alpha value is -1.13. The van der Waals surface area contributed by atoms with Crippen LogP contribution in [0.3, 0.4) is 0 Å². The summed E-state index contributed by atoms with van der Waals surface area (Å²) in [7, 11) is 0. The summed E-state index contributed by atoms with van der Waals surface area (Å²) in [6.07, 6.45) is 2.45. The number of rotatable bonds is 3. The van der Waals surface area contributed by atoms with Gasteiger partial charge in [0, 0.05) is 16.1 Å². The predicted octanol–water partition coefficient (Wildman–Crippen LogP) is 3.00. The topological polar surface area (TPSA) is 38.0 Å². The van der Waals surface area contributed by atoms with Crippen LogP contribution >= 0.6 is 15.9 Å². The highest BCUT2D eigenvalue weighted by atomic mass is 79.9. The van der Waals surface area contributed by atoms with Crippen molar-refractivity contribution in [1.82, 2.24) is 9.78 Å². The van der Waals surface area contributed by atoms with Gasteiger partial charge in [0.2, 0.25) is 0 Å². The van der Waals surface area contributed by atoms with Crippen LogP contribution in [0.2, 0.25) is 0 Å². The van der Waals surface area contributed by atoms with Crippen molar-refractivity contribution in [2.24, 2.45) is 0 Å². The lowest BCUT2D eigenvalue weighted by molar-refractivity contribution is 0.276. The summed E-state index contributed by atoms with van der Waals surface area (Å²) in [6.45, 7) is 0.000717. The van der Waals surface area contributed by atoms with E-state index < -0.39 is 0 Å². The first-order valence-corrected chi connectivity index (χ1v) is 6.53. The molecule has 1 aliphatic carbocycles. The second-order valence-corrected chi connectivity index (χ2v) is 5.30. The van der Waals surface area contributed by atoms with Crippen LogP contribution in [0.1, 0.15) is 30.1 Å². The van der Waals surface area contributed by atoms with Gasteiger partial charge in [0.1, 0.15) is 0 Å². The Morgan fingerprint density at radius 1 is 1.35 bits per heavy atom. The van der Waals surface area contributed by atoms with E-state index in [0.29, 0.717) is 5.92 Å². The van der Waals surface area contributed by atoms with E-state index in [1.807, 2.05) is 35.0 Å². The molecule has 1 N–H and O–H groups in total. The van der Waals surface area contributed by atoms with Crippen molar-refractivity contribution in [3.8, 4) is 5.69 Å². The molecule has 1 fully saturated rings. The fourth-order valence-electron chi connectivity index (χ4n) is 2.01. The van der Waals surface area contributed by atoms with Crippen LogP contribution in [0.5, 0.6) is 0 Å². The zero-order valence-corrected chi connectivity index (χ0v) is 10.9. The minimum Gasteiger partial charge on any atom is -0.390 e. The van der Waals surface area contributed by atoms with E-state index >= 15 is 0 Å². The molecule has 1 saturated carbocycles. The summed E-state index contributed by atoms with van der Waals surface area (Å²) in [5.41, 5.74) is 3.00. The van der Waals surface area contributed by atoms with Gasteiger partial charge in [0.25, 0.3) is 0 Å². The minimum atomic E-state index is 0.000717. The van der Waals surface area contributed by atoms with E-state index in [1.54, 1.807) is 0 Å². The molecule has 2 aromatic rings. The third kappa shape index (κ3) is 2.15. The first-order chi connectivity index (χ1) is 8.28. The maximum absolute atomic E-state index is 9.19. The molecule has 1 aromatic heterocycles. The summed E-state index contributed by atoms with van der Waals surface area (Å²) in [4.78, 5) is 0. The molecule has 0 radical (unpaired) electrons.